The molecule has 0 unspecified atom stereocenters. The topological polar surface area (TPSA) is 84.0 Å². The zero-order chi connectivity index (χ0) is 25.8. The first-order valence-electron chi connectivity index (χ1n) is 12.2. The van der Waals surface area contributed by atoms with E-state index in [2.05, 4.69) is 0 Å². The Morgan fingerprint density at radius 1 is 1.00 bits per heavy atom. The summed E-state index contributed by atoms with van der Waals surface area (Å²) in [4.78, 5) is 27.8. The van der Waals surface area contributed by atoms with Gasteiger partial charge in [-0.25, -0.2) is 12.8 Å². The fourth-order valence-electron chi connectivity index (χ4n) is 5.95. The number of hydrogen-bond donors (Lipinski definition) is 0. The van der Waals surface area contributed by atoms with E-state index in [9.17, 15) is 18.0 Å². The molecule has 2 heterocycles. The Kier molecular flexibility index (Phi) is 6.24. The molecule has 0 bridgehead atoms. The highest BCUT2D eigenvalue weighted by Crippen LogP contribution is 2.55. The molecule has 0 saturated carbocycles. The monoisotopic (exact) mass is 512 g/mol. The number of halogens is 1. The molecule has 36 heavy (non-hydrogen) atoms. The maximum atomic E-state index is 15.2. The van der Waals surface area contributed by atoms with E-state index in [1.54, 1.807) is 37.3 Å². The second-order valence-corrected chi connectivity index (χ2v) is 11.4. The van der Waals surface area contributed by atoms with E-state index in [0.717, 1.165) is 5.56 Å². The normalized spacial score (nSPS) is 26.4. The van der Waals surface area contributed by atoms with E-state index in [1.165, 1.54) is 27.4 Å². The Labute approximate surface area is 210 Å². The van der Waals surface area contributed by atoms with Crippen LogP contribution in [0.3, 0.4) is 0 Å². The van der Waals surface area contributed by atoms with Crippen molar-refractivity contribution in [3.05, 3.63) is 76.8 Å². The molecule has 4 atom stereocenters. The number of rotatable bonds is 6. The molecule has 7 nitrogen and oxygen atoms in total. The minimum atomic E-state index is -4.08. The Balaban J connectivity index is 1.72. The van der Waals surface area contributed by atoms with Crippen LogP contribution in [-0.4, -0.2) is 49.1 Å². The molecule has 1 aliphatic carbocycles. The Morgan fingerprint density at radius 3 is 2.33 bits per heavy atom. The van der Waals surface area contributed by atoms with Crippen LogP contribution in [0.5, 0.6) is 0 Å². The van der Waals surface area contributed by atoms with Crippen LogP contribution in [0.4, 0.5) is 4.39 Å². The lowest BCUT2D eigenvalue weighted by molar-refractivity contribution is -0.139. The number of ether oxygens (including phenoxy) is 1. The molecule has 2 amide bonds. The number of hydrogen-bond acceptors (Lipinski definition) is 5. The molecule has 2 saturated heterocycles. The standard InChI is InChI=1S/C27H29FN2O5S/c1-4-29-26(31)19-14-22(35-5-2)24-20(23(19)27(29)32)15-30(25(24)18-8-6-7-9-21(18)28)36(33,34)17-12-10-16(3)11-13-17/h6-13,19-20,23,25H,4-5,14-15H2,1-3H3/t19-,20-,23-,25-/m0/s1. The second-order valence-electron chi connectivity index (χ2n) is 9.49. The first-order valence-corrected chi connectivity index (χ1v) is 13.7. The first kappa shape index (κ1) is 24.6. The lowest BCUT2D eigenvalue weighted by Crippen LogP contribution is -2.35. The van der Waals surface area contributed by atoms with Gasteiger partial charge in [0.25, 0.3) is 0 Å². The number of fused-ring (bicyclic) bond motifs is 3. The van der Waals surface area contributed by atoms with Gasteiger partial charge in [-0.15, -0.1) is 0 Å². The average molecular weight is 513 g/mol. The fraction of sp³-hybridized carbons (Fsp3) is 0.407. The summed E-state index contributed by atoms with van der Waals surface area (Å²) in [6.45, 7) is 5.93. The zero-order valence-electron chi connectivity index (χ0n) is 20.5. The molecular weight excluding hydrogens is 483 g/mol. The summed E-state index contributed by atoms with van der Waals surface area (Å²) in [5.41, 5.74) is 1.69. The van der Waals surface area contributed by atoms with Gasteiger partial charge in [0.15, 0.2) is 0 Å². The quantitative estimate of drug-likeness (QED) is 0.550. The van der Waals surface area contributed by atoms with Gasteiger partial charge in [-0.1, -0.05) is 35.9 Å². The summed E-state index contributed by atoms with van der Waals surface area (Å²) in [7, 11) is -4.08. The van der Waals surface area contributed by atoms with Crippen molar-refractivity contribution < 1.29 is 27.1 Å². The number of imide groups is 1. The average Bonchev–Trinajstić information content (AvgIpc) is 3.36. The van der Waals surface area contributed by atoms with E-state index in [-0.39, 0.29) is 41.8 Å². The third-order valence-electron chi connectivity index (χ3n) is 7.55. The number of aryl methyl sites for hydroxylation is 1. The van der Waals surface area contributed by atoms with E-state index in [1.807, 2.05) is 13.8 Å². The van der Waals surface area contributed by atoms with Crippen molar-refractivity contribution in [2.24, 2.45) is 17.8 Å². The molecule has 0 spiro atoms. The van der Waals surface area contributed by atoms with Crippen LogP contribution in [-0.2, 0) is 24.3 Å². The number of amides is 2. The number of carbonyl (C=O) groups excluding carboxylic acids is 2. The molecular formula is C27H29FN2O5S. The SMILES string of the molecule is CCOC1=C2[C@@H](CN(S(=O)(=O)c3ccc(C)cc3)[C@H]2c2ccccc2F)[C@H]2C(=O)N(CC)C(=O)[C@H]2C1. The predicted octanol–water partition coefficient (Wildman–Crippen LogP) is 3.81. The first-order chi connectivity index (χ1) is 17.2. The lowest BCUT2D eigenvalue weighted by Gasteiger charge is -2.32. The molecule has 0 aromatic heterocycles. The molecule has 9 heteroatoms. The Hall–Kier alpha value is -3.04. The maximum Gasteiger partial charge on any atom is 0.243 e. The fourth-order valence-corrected chi connectivity index (χ4v) is 7.56. The van der Waals surface area contributed by atoms with Crippen LogP contribution in [0.1, 0.15) is 37.4 Å². The summed E-state index contributed by atoms with van der Waals surface area (Å²) in [5.74, 6) is -2.53. The van der Waals surface area contributed by atoms with Crippen molar-refractivity contribution in [2.75, 3.05) is 19.7 Å². The molecule has 0 radical (unpaired) electrons. The Bertz CT molecular complexity index is 1350. The van der Waals surface area contributed by atoms with Crippen LogP contribution in [0.15, 0.2) is 64.8 Å². The van der Waals surface area contributed by atoms with Crippen LogP contribution in [0.25, 0.3) is 0 Å². The third-order valence-corrected chi connectivity index (χ3v) is 9.39. The maximum absolute atomic E-state index is 15.2. The molecule has 2 fully saturated rings. The van der Waals surface area contributed by atoms with Gasteiger partial charge in [0.2, 0.25) is 21.8 Å². The summed E-state index contributed by atoms with van der Waals surface area (Å²) < 4.78 is 50.5. The van der Waals surface area contributed by atoms with Gasteiger partial charge in [0, 0.05) is 31.0 Å². The molecule has 2 aromatic carbocycles. The zero-order valence-corrected chi connectivity index (χ0v) is 21.3. The molecule has 0 N–H and O–H groups in total. The van der Waals surface area contributed by atoms with Crippen LogP contribution in [0.2, 0.25) is 0 Å². The van der Waals surface area contributed by atoms with E-state index >= 15 is 4.39 Å². The van der Waals surface area contributed by atoms with Crippen molar-refractivity contribution in [3.63, 3.8) is 0 Å². The molecule has 5 rings (SSSR count). The van der Waals surface area contributed by atoms with Gasteiger partial charge in [-0.2, -0.15) is 4.31 Å². The highest BCUT2D eigenvalue weighted by molar-refractivity contribution is 7.89. The van der Waals surface area contributed by atoms with Crippen molar-refractivity contribution >= 4 is 21.8 Å². The minimum Gasteiger partial charge on any atom is -0.498 e. The number of allylic oxidation sites excluding steroid dienone is 1. The van der Waals surface area contributed by atoms with E-state index < -0.39 is 39.6 Å². The molecule has 2 aliphatic heterocycles. The van der Waals surface area contributed by atoms with Gasteiger partial charge in [-0.05, 0) is 44.5 Å². The Morgan fingerprint density at radius 2 is 1.69 bits per heavy atom. The van der Waals surface area contributed by atoms with Crippen LogP contribution >= 0.6 is 0 Å². The van der Waals surface area contributed by atoms with Crippen molar-refractivity contribution in [2.45, 2.75) is 38.1 Å². The van der Waals surface area contributed by atoms with Gasteiger partial charge in [0.1, 0.15) is 5.82 Å². The van der Waals surface area contributed by atoms with Gasteiger partial charge in [-0.3, -0.25) is 14.5 Å². The molecule has 190 valence electrons. The number of benzene rings is 2. The number of carbonyl (C=O) groups is 2. The van der Waals surface area contributed by atoms with Gasteiger partial charge < -0.3 is 4.74 Å². The lowest BCUT2D eigenvalue weighted by atomic mass is 9.71. The van der Waals surface area contributed by atoms with Gasteiger partial charge >= 0.3 is 0 Å². The number of nitrogens with zero attached hydrogens (tertiary/aromatic N) is 2. The predicted molar refractivity (Wildman–Crippen MR) is 130 cm³/mol. The molecule has 2 aromatic rings. The minimum absolute atomic E-state index is 0.0428. The summed E-state index contributed by atoms with van der Waals surface area (Å²) >= 11 is 0. The summed E-state index contributed by atoms with van der Waals surface area (Å²) in [6, 6.07) is 11.6. The largest absolute Gasteiger partial charge is 0.498 e. The number of sulfonamides is 1. The summed E-state index contributed by atoms with van der Waals surface area (Å²) in [5, 5.41) is 0. The highest BCUT2D eigenvalue weighted by atomic mass is 32.2. The van der Waals surface area contributed by atoms with E-state index in [0.29, 0.717) is 17.9 Å². The van der Waals surface area contributed by atoms with Crippen molar-refractivity contribution in [1.82, 2.24) is 9.21 Å². The van der Waals surface area contributed by atoms with Crippen LogP contribution in [0, 0.1) is 30.5 Å². The van der Waals surface area contributed by atoms with Crippen LogP contribution < -0.4 is 0 Å². The highest BCUT2D eigenvalue weighted by Gasteiger charge is 2.60. The third kappa shape index (κ3) is 3.67. The van der Waals surface area contributed by atoms with E-state index in [4.69, 9.17) is 4.74 Å². The van der Waals surface area contributed by atoms with Crippen molar-refractivity contribution in [1.29, 1.82) is 0 Å². The second kappa shape index (κ2) is 9.12. The smallest absolute Gasteiger partial charge is 0.243 e. The molecule has 3 aliphatic rings. The summed E-state index contributed by atoms with van der Waals surface area (Å²) in [6.07, 6.45) is 0.189. The van der Waals surface area contributed by atoms with Crippen molar-refractivity contribution in [3.8, 4) is 0 Å². The number of likely N-dealkylation sites (tertiary alicyclic amines) is 1. The van der Waals surface area contributed by atoms with Gasteiger partial charge in [0.05, 0.1) is 35.1 Å².